The monoisotopic (exact) mass is 363 g/mol. The summed E-state index contributed by atoms with van der Waals surface area (Å²) in [6.45, 7) is 3.25. The van der Waals surface area contributed by atoms with Crippen molar-refractivity contribution in [2.24, 2.45) is 12.8 Å². The highest BCUT2D eigenvalue weighted by Crippen LogP contribution is 2.29. The number of hydrogen-bond donors (Lipinski definition) is 1. The molecule has 1 amide bonds. The number of amides is 1. The molecule has 0 aliphatic carbocycles. The predicted octanol–water partition coefficient (Wildman–Crippen LogP) is 1.87. The second kappa shape index (κ2) is 7.41. The van der Waals surface area contributed by atoms with E-state index in [0.717, 1.165) is 29.2 Å². The van der Waals surface area contributed by atoms with E-state index in [1.807, 2.05) is 25.1 Å². The van der Waals surface area contributed by atoms with Crippen molar-refractivity contribution in [2.75, 3.05) is 13.1 Å². The molecule has 3 rings (SSSR count). The number of carbonyl (C=O) groups excluding carboxylic acids is 1. The van der Waals surface area contributed by atoms with Crippen LogP contribution in [0.5, 0.6) is 0 Å². The Morgan fingerprint density at radius 3 is 2.73 bits per heavy atom. The Kier molecular flexibility index (Phi) is 6.37. The largest absolute Gasteiger partial charge is 0.336 e. The highest BCUT2D eigenvalue weighted by molar-refractivity contribution is 7.17. The standard InChI is InChI=1S/C13H17N5OS.2ClH/c1-8-11(13(19)18-4-3-10(14)7-18)20-12(16-8)9-5-15-17(2)6-9;;/h5-6,10H,3-4,7,14H2,1-2H3;2*1H/t10-;;/m1../s1. The first-order valence-electron chi connectivity index (χ1n) is 6.56. The first-order chi connectivity index (χ1) is 9.54. The lowest BCUT2D eigenvalue weighted by molar-refractivity contribution is 0.0794. The highest BCUT2D eigenvalue weighted by atomic mass is 35.5. The molecule has 1 saturated heterocycles. The maximum Gasteiger partial charge on any atom is 0.265 e. The van der Waals surface area contributed by atoms with Crippen LogP contribution < -0.4 is 5.73 Å². The van der Waals surface area contributed by atoms with Gasteiger partial charge in [0.2, 0.25) is 0 Å². The fourth-order valence-electron chi connectivity index (χ4n) is 2.37. The molecule has 2 N–H and O–H groups in total. The smallest absolute Gasteiger partial charge is 0.265 e. The normalized spacial score (nSPS) is 17.0. The Bertz CT molecular complexity index is 657. The molecule has 1 aliphatic heterocycles. The van der Waals surface area contributed by atoms with E-state index < -0.39 is 0 Å². The second-order valence-electron chi connectivity index (χ2n) is 5.14. The quantitative estimate of drug-likeness (QED) is 0.883. The number of nitrogens with two attached hydrogens (primary N) is 1. The third kappa shape index (κ3) is 3.60. The van der Waals surface area contributed by atoms with Gasteiger partial charge in [0.15, 0.2) is 0 Å². The molecule has 2 aromatic rings. The Hall–Kier alpha value is -1.15. The number of carbonyl (C=O) groups is 1. The number of nitrogens with zero attached hydrogens (tertiary/aromatic N) is 4. The summed E-state index contributed by atoms with van der Waals surface area (Å²) in [6.07, 6.45) is 4.54. The summed E-state index contributed by atoms with van der Waals surface area (Å²) < 4.78 is 1.73. The second-order valence-corrected chi connectivity index (χ2v) is 6.14. The molecular weight excluding hydrogens is 345 g/mol. The average molecular weight is 364 g/mol. The van der Waals surface area contributed by atoms with Crippen LogP contribution in [0.25, 0.3) is 10.6 Å². The number of thiazole rings is 1. The number of rotatable bonds is 2. The molecule has 0 unspecified atom stereocenters. The number of halogens is 2. The van der Waals surface area contributed by atoms with E-state index in [1.54, 1.807) is 10.9 Å². The summed E-state index contributed by atoms with van der Waals surface area (Å²) in [6, 6.07) is 0.102. The van der Waals surface area contributed by atoms with Crippen LogP contribution in [-0.2, 0) is 7.05 Å². The molecule has 1 atom stereocenters. The minimum atomic E-state index is 0. The molecule has 3 heterocycles. The van der Waals surface area contributed by atoms with E-state index in [9.17, 15) is 4.79 Å². The third-order valence-electron chi connectivity index (χ3n) is 3.45. The lowest BCUT2D eigenvalue weighted by Gasteiger charge is -2.14. The summed E-state index contributed by atoms with van der Waals surface area (Å²) in [7, 11) is 1.86. The number of aryl methyl sites for hydroxylation is 2. The van der Waals surface area contributed by atoms with Crippen LogP contribution >= 0.6 is 36.2 Å². The van der Waals surface area contributed by atoms with Gasteiger partial charge in [-0.3, -0.25) is 9.48 Å². The molecule has 22 heavy (non-hydrogen) atoms. The van der Waals surface area contributed by atoms with E-state index in [0.29, 0.717) is 11.4 Å². The van der Waals surface area contributed by atoms with Gasteiger partial charge >= 0.3 is 0 Å². The fourth-order valence-corrected chi connectivity index (χ4v) is 3.37. The maximum absolute atomic E-state index is 12.5. The van der Waals surface area contributed by atoms with Gasteiger partial charge in [-0.15, -0.1) is 36.2 Å². The van der Waals surface area contributed by atoms with Crippen molar-refractivity contribution < 1.29 is 4.79 Å². The molecule has 0 radical (unpaired) electrons. The van der Waals surface area contributed by atoms with Crippen LogP contribution in [0.15, 0.2) is 12.4 Å². The summed E-state index contributed by atoms with van der Waals surface area (Å²) in [5.74, 6) is 0.0445. The molecule has 0 aromatic carbocycles. The predicted molar refractivity (Wildman–Crippen MR) is 92.0 cm³/mol. The Morgan fingerprint density at radius 2 is 2.18 bits per heavy atom. The zero-order valence-electron chi connectivity index (χ0n) is 12.4. The van der Waals surface area contributed by atoms with Crippen LogP contribution in [0.3, 0.4) is 0 Å². The maximum atomic E-state index is 12.5. The lowest BCUT2D eigenvalue weighted by atomic mass is 10.3. The van der Waals surface area contributed by atoms with E-state index in [-0.39, 0.29) is 36.8 Å². The lowest BCUT2D eigenvalue weighted by Crippen LogP contribution is -2.31. The fraction of sp³-hybridized carbons (Fsp3) is 0.462. The van der Waals surface area contributed by atoms with E-state index in [2.05, 4.69) is 10.1 Å². The van der Waals surface area contributed by atoms with Gasteiger partial charge in [-0.25, -0.2) is 4.98 Å². The van der Waals surface area contributed by atoms with Gasteiger partial charge < -0.3 is 10.6 Å². The van der Waals surface area contributed by atoms with Gasteiger partial charge in [-0.2, -0.15) is 5.10 Å². The molecule has 122 valence electrons. The Balaban J connectivity index is 0.00000121. The molecule has 0 bridgehead atoms. The number of likely N-dealkylation sites (tertiary alicyclic amines) is 1. The first-order valence-corrected chi connectivity index (χ1v) is 7.37. The van der Waals surface area contributed by atoms with Crippen LogP contribution in [0.1, 0.15) is 21.8 Å². The van der Waals surface area contributed by atoms with Crippen molar-refractivity contribution >= 4 is 42.1 Å². The first kappa shape index (κ1) is 18.9. The number of hydrogen-bond acceptors (Lipinski definition) is 5. The molecule has 0 spiro atoms. The van der Waals surface area contributed by atoms with Crippen molar-refractivity contribution in [3.63, 3.8) is 0 Å². The van der Waals surface area contributed by atoms with Gasteiger partial charge in [0.25, 0.3) is 5.91 Å². The Morgan fingerprint density at radius 1 is 1.45 bits per heavy atom. The van der Waals surface area contributed by atoms with Gasteiger partial charge in [0, 0.05) is 37.9 Å². The Labute approximate surface area is 145 Å². The summed E-state index contributed by atoms with van der Waals surface area (Å²) in [5.41, 5.74) is 7.58. The molecule has 1 fully saturated rings. The van der Waals surface area contributed by atoms with Gasteiger partial charge in [-0.05, 0) is 13.3 Å². The molecule has 1 aliphatic rings. The van der Waals surface area contributed by atoms with Crippen LogP contribution in [0, 0.1) is 6.92 Å². The van der Waals surface area contributed by atoms with Gasteiger partial charge in [0.1, 0.15) is 9.88 Å². The van der Waals surface area contributed by atoms with E-state index >= 15 is 0 Å². The molecule has 0 saturated carbocycles. The average Bonchev–Trinajstić information content (AvgIpc) is 3.09. The topological polar surface area (TPSA) is 77.0 Å². The zero-order chi connectivity index (χ0) is 14.3. The van der Waals surface area contributed by atoms with Crippen LogP contribution in [0.4, 0.5) is 0 Å². The SMILES string of the molecule is Cc1nc(-c2cnn(C)c2)sc1C(=O)N1CC[C@@H](N)C1.Cl.Cl. The van der Waals surface area contributed by atoms with Gasteiger partial charge in [-0.1, -0.05) is 0 Å². The van der Waals surface area contributed by atoms with Crippen molar-refractivity contribution in [1.29, 1.82) is 0 Å². The third-order valence-corrected chi connectivity index (χ3v) is 4.65. The minimum Gasteiger partial charge on any atom is -0.336 e. The highest BCUT2D eigenvalue weighted by Gasteiger charge is 2.27. The molecule has 9 heteroatoms. The zero-order valence-corrected chi connectivity index (χ0v) is 14.8. The van der Waals surface area contributed by atoms with Gasteiger partial charge in [0.05, 0.1) is 11.9 Å². The molecule has 6 nitrogen and oxygen atoms in total. The van der Waals surface area contributed by atoms with Crippen molar-refractivity contribution in [3.8, 4) is 10.6 Å². The summed E-state index contributed by atoms with van der Waals surface area (Å²) in [4.78, 5) is 19.5. The molecule has 2 aromatic heterocycles. The minimum absolute atomic E-state index is 0. The van der Waals surface area contributed by atoms with Crippen molar-refractivity contribution in [2.45, 2.75) is 19.4 Å². The molecular formula is C13H19Cl2N5OS. The summed E-state index contributed by atoms with van der Waals surface area (Å²) >= 11 is 1.43. The summed E-state index contributed by atoms with van der Waals surface area (Å²) in [5, 5.41) is 4.97. The number of aromatic nitrogens is 3. The van der Waals surface area contributed by atoms with E-state index in [4.69, 9.17) is 5.73 Å². The van der Waals surface area contributed by atoms with Crippen molar-refractivity contribution in [3.05, 3.63) is 23.0 Å². The van der Waals surface area contributed by atoms with E-state index in [1.165, 1.54) is 11.3 Å². The van der Waals surface area contributed by atoms with Crippen molar-refractivity contribution in [1.82, 2.24) is 19.7 Å². The van der Waals surface area contributed by atoms with Crippen LogP contribution in [0.2, 0.25) is 0 Å². The van der Waals surface area contributed by atoms with Crippen LogP contribution in [-0.4, -0.2) is 44.7 Å².